The van der Waals surface area contributed by atoms with Crippen LogP contribution in [0.4, 0.5) is 14.9 Å². The molecule has 0 aromatic heterocycles. The van der Waals surface area contributed by atoms with Gasteiger partial charge in [-0.05, 0) is 54.6 Å². The van der Waals surface area contributed by atoms with E-state index in [-0.39, 0.29) is 29.7 Å². The molecule has 0 saturated carbocycles. The number of rotatable bonds is 5. The Morgan fingerprint density at radius 2 is 2.04 bits per heavy atom. The number of hydrogen-bond donors (Lipinski definition) is 3. The van der Waals surface area contributed by atoms with Crippen molar-refractivity contribution in [3.05, 3.63) is 59.9 Å². The van der Waals surface area contributed by atoms with E-state index in [4.69, 9.17) is 4.74 Å². The Balaban J connectivity index is 1.65. The number of nitrogens with one attached hydrogen (secondary N) is 3. The number of methoxy groups -OCH3 is 1. The first-order chi connectivity index (χ1) is 13.1. The Bertz CT molecular complexity index is 766. The maximum atomic E-state index is 13.2. The molecule has 144 valence electrons. The highest BCUT2D eigenvalue weighted by Crippen LogP contribution is 2.31. The van der Waals surface area contributed by atoms with Gasteiger partial charge >= 0.3 is 6.03 Å². The number of amides is 2. The molecule has 3 atom stereocenters. The van der Waals surface area contributed by atoms with Crippen LogP contribution in [0.3, 0.4) is 0 Å². The molecule has 2 aromatic rings. The largest absolute Gasteiger partial charge is 0.497 e. The van der Waals surface area contributed by atoms with E-state index in [0.717, 1.165) is 18.5 Å². The topological polar surface area (TPSA) is 62.4 Å². The third kappa shape index (κ3) is 4.98. The molecule has 0 radical (unpaired) electrons. The molecule has 3 unspecified atom stereocenters. The van der Waals surface area contributed by atoms with Gasteiger partial charge in [-0.1, -0.05) is 25.1 Å². The Kier molecular flexibility index (Phi) is 6.29. The van der Waals surface area contributed by atoms with Crippen molar-refractivity contribution in [1.29, 1.82) is 0 Å². The molecule has 2 amide bonds. The van der Waals surface area contributed by atoms with Crippen molar-refractivity contribution < 1.29 is 13.9 Å². The number of anilines is 1. The van der Waals surface area contributed by atoms with Crippen LogP contribution in [0.5, 0.6) is 5.75 Å². The summed E-state index contributed by atoms with van der Waals surface area (Å²) in [6.07, 6.45) is 0.947. The van der Waals surface area contributed by atoms with Crippen LogP contribution < -0.4 is 20.7 Å². The minimum atomic E-state index is -0.242. The molecule has 1 aliphatic rings. The van der Waals surface area contributed by atoms with Gasteiger partial charge in [-0.2, -0.15) is 0 Å². The van der Waals surface area contributed by atoms with Crippen LogP contribution in [0, 0.1) is 11.7 Å². The lowest BCUT2D eigenvalue weighted by molar-refractivity contribution is 0.223. The van der Waals surface area contributed by atoms with Gasteiger partial charge in [0, 0.05) is 24.3 Å². The molecule has 0 aliphatic carbocycles. The molecule has 0 bridgehead atoms. The highest BCUT2D eigenvalue weighted by molar-refractivity contribution is 5.89. The van der Waals surface area contributed by atoms with Crippen LogP contribution >= 0.6 is 0 Å². The summed E-state index contributed by atoms with van der Waals surface area (Å²) in [6, 6.07) is 13.6. The quantitative estimate of drug-likeness (QED) is 0.750. The second-order valence-corrected chi connectivity index (χ2v) is 6.93. The van der Waals surface area contributed by atoms with Gasteiger partial charge < -0.3 is 20.7 Å². The summed E-state index contributed by atoms with van der Waals surface area (Å²) >= 11 is 0. The Morgan fingerprint density at radius 3 is 2.78 bits per heavy atom. The first kappa shape index (κ1) is 19.2. The Hall–Kier alpha value is -2.60. The zero-order chi connectivity index (χ0) is 19.2. The van der Waals surface area contributed by atoms with Crippen LogP contribution in [0.2, 0.25) is 0 Å². The van der Waals surface area contributed by atoms with Gasteiger partial charge in [0.15, 0.2) is 0 Å². The standard InChI is InChI=1S/C21H26FN3O2/c1-14(15-6-8-16(22)9-7-15)19-10-11-23-13-20(19)25-21(26)24-17-4-3-5-18(12-17)27-2/h3-9,12,14,19-20,23H,10-11,13H2,1-2H3,(H2,24,25,26). The van der Waals surface area contributed by atoms with Gasteiger partial charge in [-0.3, -0.25) is 0 Å². The monoisotopic (exact) mass is 371 g/mol. The predicted octanol–water partition coefficient (Wildman–Crippen LogP) is 3.74. The molecule has 27 heavy (non-hydrogen) atoms. The summed E-state index contributed by atoms with van der Waals surface area (Å²) in [5, 5.41) is 9.30. The number of hydrogen-bond acceptors (Lipinski definition) is 3. The van der Waals surface area contributed by atoms with Crippen LogP contribution in [-0.2, 0) is 0 Å². The number of halogens is 1. The van der Waals surface area contributed by atoms with Gasteiger partial charge in [0.2, 0.25) is 0 Å². The zero-order valence-corrected chi connectivity index (χ0v) is 15.7. The van der Waals surface area contributed by atoms with E-state index in [2.05, 4.69) is 22.9 Å². The van der Waals surface area contributed by atoms with E-state index in [1.807, 2.05) is 30.3 Å². The lowest BCUT2D eigenvalue weighted by Crippen LogP contribution is -2.53. The minimum Gasteiger partial charge on any atom is -0.497 e. The van der Waals surface area contributed by atoms with Gasteiger partial charge in [-0.15, -0.1) is 0 Å². The van der Waals surface area contributed by atoms with Crippen LogP contribution in [-0.4, -0.2) is 32.3 Å². The summed E-state index contributed by atoms with van der Waals surface area (Å²) in [7, 11) is 1.59. The lowest BCUT2D eigenvalue weighted by atomic mass is 9.79. The molecule has 1 heterocycles. The number of ether oxygens (including phenoxy) is 1. The molecular formula is C21H26FN3O2. The van der Waals surface area contributed by atoms with E-state index in [0.29, 0.717) is 18.0 Å². The molecule has 2 aromatic carbocycles. The second kappa shape index (κ2) is 8.86. The normalized spacial score (nSPS) is 20.6. The lowest BCUT2D eigenvalue weighted by Gasteiger charge is -2.36. The number of urea groups is 1. The molecule has 1 fully saturated rings. The fourth-order valence-electron chi connectivity index (χ4n) is 3.69. The number of benzene rings is 2. The predicted molar refractivity (Wildman–Crippen MR) is 105 cm³/mol. The van der Waals surface area contributed by atoms with Gasteiger partial charge in [-0.25, -0.2) is 9.18 Å². The summed E-state index contributed by atoms with van der Waals surface area (Å²) < 4.78 is 18.4. The second-order valence-electron chi connectivity index (χ2n) is 6.93. The molecular weight excluding hydrogens is 345 g/mol. The first-order valence-corrected chi connectivity index (χ1v) is 9.24. The molecule has 1 aliphatic heterocycles. The van der Waals surface area contributed by atoms with Crippen LogP contribution in [0.15, 0.2) is 48.5 Å². The van der Waals surface area contributed by atoms with Crippen molar-refractivity contribution in [2.75, 3.05) is 25.5 Å². The fraction of sp³-hybridized carbons (Fsp3) is 0.381. The smallest absolute Gasteiger partial charge is 0.319 e. The highest BCUT2D eigenvalue weighted by atomic mass is 19.1. The number of carbonyl (C=O) groups excluding carboxylic acids is 1. The number of carbonyl (C=O) groups is 1. The van der Waals surface area contributed by atoms with E-state index < -0.39 is 0 Å². The third-order valence-corrected chi connectivity index (χ3v) is 5.22. The van der Waals surface area contributed by atoms with Crippen LogP contribution in [0.25, 0.3) is 0 Å². The summed E-state index contributed by atoms with van der Waals surface area (Å²) in [5.41, 5.74) is 1.77. The molecule has 5 nitrogen and oxygen atoms in total. The highest BCUT2D eigenvalue weighted by Gasteiger charge is 2.31. The maximum absolute atomic E-state index is 13.2. The van der Waals surface area contributed by atoms with E-state index in [1.54, 1.807) is 13.2 Å². The first-order valence-electron chi connectivity index (χ1n) is 9.24. The maximum Gasteiger partial charge on any atom is 0.319 e. The van der Waals surface area contributed by atoms with Gasteiger partial charge in [0.05, 0.1) is 7.11 Å². The van der Waals surface area contributed by atoms with Gasteiger partial charge in [0.25, 0.3) is 0 Å². The van der Waals surface area contributed by atoms with Crippen molar-refractivity contribution in [1.82, 2.24) is 10.6 Å². The number of piperidine rings is 1. The Labute approximate surface area is 159 Å². The summed E-state index contributed by atoms with van der Waals surface area (Å²) in [5.74, 6) is 0.945. The molecule has 6 heteroatoms. The molecule has 0 spiro atoms. The van der Waals surface area contributed by atoms with Crippen molar-refractivity contribution in [2.45, 2.75) is 25.3 Å². The summed E-state index contributed by atoms with van der Waals surface area (Å²) in [6.45, 7) is 3.76. The Morgan fingerprint density at radius 1 is 1.26 bits per heavy atom. The zero-order valence-electron chi connectivity index (χ0n) is 15.7. The van der Waals surface area contributed by atoms with Crippen molar-refractivity contribution >= 4 is 11.7 Å². The molecule has 1 saturated heterocycles. The third-order valence-electron chi connectivity index (χ3n) is 5.22. The van der Waals surface area contributed by atoms with E-state index in [9.17, 15) is 9.18 Å². The van der Waals surface area contributed by atoms with E-state index >= 15 is 0 Å². The summed E-state index contributed by atoms with van der Waals surface area (Å²) in [4.78, 5) is 12.5. The fourth-order valence-corrected chi connectivity index (χ4v) is 3.69. The van der Waals surface area contributed by atoms with Crippen molar-refractivity contribution in [2.24, 2.45) is 5.92 Å². The van der Waals surface area contributed by atoms with E-state index in [1.165, 1.54) is 12.1 Å². The van der Waals surface area contributed by atoms with Gasteiger partial charge in [0.1, 0.15) is 11.6 Å². The SMILES string of the molecule is COc1cccc(NC(=O)NC2CNCCC2C(C)c2ccc(F)cc2)c1. The van der Waals surface area contributed by atoms with Crippen molar-refractivity contribution in [3.8, 4) is 5.75 Å². The molecule has 3 N–H and O–H groups in total. The minimum absolute atomic E-state index is 0.00980. The molecule has 3 rings (SSSR count). The average Bonchev–Trinajstić information content (AvgIpc) is 2.68. The van der Waals surface area contributed by atoms with Crippen molar-refractivity contribution in [3.63, 3.8) is 0 Å². The van der Waals surface area contributed by atoms with Crippen LogP contribution in [0.1, 0.15) is 24.8 Å². The average molecular weight is 371 g/mol.